The molecule has 1 aliphatic rings. The number of hydrogen-bond donors (Lipinski definition) is 0. The third-order valence-electron chi connectivity index (χ3n) is 3.30. The molecule has 0 unspecified atom stereocenters. The fourth-order valence-corrected chi connectivity index (χ4v) is 2.01. The molecule has 0 aromatic carbocycles. The number of rotatable bonds is 3. The van der Waals surface area contributed by atoms with Gasteiger partial charge < -0.3 is 9.31 Å². The third kappa shape index (κ3) is 2.47. The average molecular weight is 269 g/mol. The van der Waals surface area contributed by atoms with Crippen LogP contribution in [0.3, 0.4) is 0 Å². The minimum absolute atomic E-state index is 0.435. The molecule has 20 heavy (non-hydrogen) atoms. The maximum Gasteiger partial charge on any atom is 0.566 e. The zero-order valence-corrected chi connectivity index (χ0v) is 11.6. The molecule has 102 valence electrons. The number of hydrogen-bond acceptors (Lipinski definition) is 4. The van der Waals surface area contributed by atoms with Crippen LogP contribution in [-0.4, -0.2) is 27.5 Å². The van der Waals surface area contributed by atoms with Crippen molar-refractivity contribution in [3.8, 4) is 0 Å². The summed E-state index contributed by atoms with van der Waals surface area (Å²) in [6.45, 7) is 8.37. The monoisotopic (exact) mass is 269 g/mol. The Morgan fingerprint density at radius 2 is 2.25 bits per heavy atom. The molecule has 3 heterocycles. The molecule has 0 radical (unpaired) electrons. The van der Waals surface area contributed by atoms with E-state index in [1.54, 1.807) is 12.4 Å². The van der Waals surface area contributed by atoms with Crippen molar-refractivity contribution < 1.29 is 9.31 Å². The van der Waals surface area contributed by atoms with E-state index in [0.717, 1.165) is 11.2 Å². The Labute approximate surface area is 118 Å². The van der Waals surface area contributed by atoms with Crippen LogP contribution < -0.4 is 5.46 Å². The van der Waals surface area contributed by atoms with Gasteiger partial charge >= 0.3 is 7.12 Å². The van der Waals surface area contributed by atoms with E-state index < -0.39 is 12.7 Å². The average Bonchev–Trinajstić information content (AvgIpc) is 2.97. The van der Waals surface area contributed by atoms with Crippen molar-refractivity contribution in [3.05, 3.63) is 54.8 Å². The van der Waals surface area contributed by atoms with Crippen LogP contribution in [0.5, 0.6) is 0 Å². The number of aromatic nitrogens is 3. The van der Waals surface area contributed by atoms with E-state index in [2.05, 4.69) is 16.7 Å². The summed E-state index contributed by atoms with van der Waals surface area (Å²) in [6.07, 6.45) is 5.44. The Morgan fingerprint density at radius 3 is 2.90 bits per heavy atom. The smallest absolute Gasteiger partial charge is 0.534 e. The molecule has 0 atom stereocenters. The quantitative estimate of drug-likeness (QED) is 0.789. The van der Waals surface area contributed by atoms with Gasteiger partial charge in [0.1, 0.15) is 5.60 Å². The summed E-state index contributed by atoms with van der Waals surface area (Å²) < 4.78 is 13.3. The Kier molecular flexibility index (Phi) is 3.10. The van der Waals surface area contributed by atoms with Gasteiger partial charge in [-0.2, -0.15) is 5.10 Å². The van der Waals surface area contributed by atoms with E-state index in [1.165, 1.54) is 0 Å². The summed E-state index contributed by atoms with van der Waals surface area (Å²) in [5.74, 6) is 0.639. The highest BCUT2D eigenvalue weighted by Crippen LogP contribution is 2.28. The molecule has 2 aromatic heterocycles. The first-order valence-electron chi connectivity index (χ1n) is 6.51. The van der Waals surface area contributed by atoms with E-state index in [1.807, 2.05) is 42.9 Å². The lowest BCUT2D eigenvalue weighted by Gasteiger charge is -2.15. The first-order valence-corrected chi connectivity index (χ1v) is 6.51. The van der Waals surface area contributed by atoms with Crippen LogP contribution in [0.2, 0.25) is 0 Å². The van der Waals surface area contributed by atoms with Crippen LogP contribution in [-0.2, 0) is 15.9 Å². The summed E-state index contributed by atoms with van der Waals surface area (Å²) in [5, 5.41) is 4.32. The molecule has 0 spiro atoms. The van der Waals surface area contributed by atoms with Gasteiger partial charge in [0.05, 0.1) is 24.2 Å². The van der Waals surface area contributed by atoms with E-state index in [0.29, 0.717) is 12.3 Å². The predicted molar refractivity (Wildman–Crippen MR) is 76.3 cm³/mol. The third-order valence-corrected chi connectivity index (χ3v) is 3.30. The Balaban J connectivity index is 1.73. The van der Waals surface area contributed by atoms with Gasteiger partial charge in [-0.25, -0.2) is 0 Å². The largest absolute Gasteiger partial charge is 0.566 e. The second-order valence-corrected chi connectivity index (χ2v) is 5.29. The highest BCUT2D eigenvalue weighted by molar-refractivity contribution is 6.62. The SMILES string of the molecule is C=C1OB(c2cnn(Cc3ccccn3)c2)OC1(C)C. The van der Waals surface area contributed by atoms with Gasteiger partial charge in [-0.1, -0.05) is 12.6 Å². The minimum Gasteiger partial charge on any atom is -0.534 e. The van der Waals surface area contributed by atoms with Crippen LogP contribution >= 0.6 is 0 Å². The molecule has 5 nitrogen and oxygen atoms in total. The molecular formula is C14H16BN3O2. The molecule has 0 N–H and O–H groups in total. The summed E-state index contributed by atoms with van der Waals surface area (Å²) >= 11 is 0. The minimum atomic E-state index is -0.465. The fraction of sp³-hybridized carbons (Fsp3) is 0.286. The highest BCUT2D eigenvalue weighted by atomic mass is 16.7. The van der Waals surface area contributed by atoms with Crippen LogP contribution in [0.25, 0.3) is 0 Å². The lowest BCUT2D eigenvalue weighted by atomic mass is 9.82. The van der Waals surface area contributed by atoms with Gasteiger partial charge in [0.2, 0.25) is 0 Å². The van der Waals surface area contributed by atoms with Crippen molar-refractivity contribution in [2.45, 2.75) is 26.0 Å². The predicted octanol–water partition coefficient (Wildman–Crippen LogP) is 1.36. The summed E-state index contributed by atoms with van der Waals surface area (Å²) in [5.41, 5.74) is 1.38. The van der Waals surface area contributed by atoms with Crippen LogP contribution in [0.1, 0.15) is 19.5 Å². The van der Waals surface area contributed by atoms with Crippen LogP contribution in [0.15, 0.2) is 49.1 Å². The van der Waals surface area contributed by atoms with E-state index in [4.69, 9.17) is 9.31 Å². The standard InChI is InChI=1S/C14H16BN3O2/c1-11-14(2,3)20-15(19-11)12-8-17-18(9-12)10-13-6-4-5-7-16-13/h4-9H,1,10H2,2-3H3. The zero-order valence-electron chi connectivity index (χ0n) is 11.6. The second-order valence-electron chi connectivity index (χ2n) is 5.29. The second kappa shape index (κ2) is 4.79. The summed E-state index contributed by atoms with van der Waals surface area (Å²) in [7, 11) is -0.435. The van der Waals surface area contributed by atoms with E-state index in [-0.39, 0.29) is 0 Å². The zero-order chi connectivity index (χ0) is 14.2. The first-order chi connectivity index (χ1) is 9.54. The molecule has 1 aliphatic heterocycles. The van der Waals surface area contributed by atoms with Gasteiger partial charge in [-0.05, 0) is 26.0 Å². The molecule has 0 aliphatic carbocycles. The van der Waals surface area contributed by atoms with Gasteiger partial charge in [-0.3, -0.25) is 9.67 Å². The van der Waals surface area contributed by atoms with Crippen molar-refractivity contribution in [3.63, 3.8) is 0 Å². The molecule has 0 amide bonds. The van der Waals surface area contributed by atoms with Crippen molar-refractivity contribution in [2.75, 3.05) is 0 Å². The maximum absolute atomic E-state index is 5.82. The molecule has 1 saturated heterocycles. The number of pyridine rings is 1. The summed E-state index contributed by atoms with van der Waals surface area (Å²) in [6, 6.07) is 5.82. The molecule has 2 aromatic rings. The van der Waals surface area contributed by atoms with Gasteiger partial charge in [0.15, 0.2) is 0 Å². The van der Waals surface area contributed by atoms with Crippen molar-refractivity contribution in [1.29, 1.82) is 0 Å². The highest BCUT2D eigenvalue weighted by Gasteiger charge is 2.43. The van der Waals surface area contributed by atoms with E-state index in [9.17, 15) is 0 Å². The molecule has 0 saturated carbocycles. The Bertz CT molecular complexity index is 624. The maximum atomic E-state index is 5.82. The van der Waals surface area contributed by atoms with Crippen molar-refractivity contribution in [1.82, 2.24) is 14.8 Å². The van der Waals surface area contributed by atoms with Gasteiger partial charge in [0.25, 0.3) is 0 Å². The molecule has 1 fully saturated rings. The lowest BCUT2D eigenvalue weighted by molar-refractivity contribution is 0.173. The van der Waals surface area contributed by atoms with Gasteiger partial charge in [-0.15, -0.1) is 0 Å². The van der Waals surface area contributed by atoms with Crippen LogP contribution in [0.4, 0.5) is 0 Å². The normalized spacial score (nSPS) is 17.3. The van der Waals surface area contributed by atoms with E-state index >= 15 is 0 Å². The topological polar surface area (TPSA) is 49.2 Å². The molecule has 3 rings (SSSR count). The first kappa shape index (κ1) is 12.9. The molecule has 0 bridgehead atoms. The van der Waals surface area contributed by atoms with Crippen LogP contribution in [0, 0.1) is 0 Å². The summed E-state index contributed by atoms with van der Waals surface area (Å²) in [4.78, 5) is 4.28. The van der Waals surface area contributed by atoms with Crippen molar-refractivity contribution in [2.24, 2.45) is 0 Å². The van der Waals surface area contributed by atoms with Gasteiger partial charge in [0, 0.05) is 17.9 Å². The Morgan fingerprint density at radius 1 is 1.40 bits per heavy atom. The van der Waals surface area contributed by atoms with Crippen molar-refractivity contribution >= 4 is 12.6 Å². The fourth-order valence-electron chi connectivity index (χ4n) is 2.01. The Hall–Kier alpha value is -2.08. The lowest BCUT2D eigenvalue weighted by Crippen LogP contribution is -2.33. The molecule has 6 heteroatoms. The molecular weight excluding hydrogens is 253 g/mol. The number of nitrogens with zero attached hydrogens (tertiary/aromatic N) is 3.